The van der Waals surface area contributed by atoms with E-state index in [9.17, 15) is 4.39 Å². The van der Waals surface area contributed by atoms with Crippen LogP contribution in [0.25, 0.3) is 0 Å². The topological polar surface area (TPSA) is 3.24 Å². The average Bonchev–Trinajstić information content (AvgIpc) is 2.03. The molecule has 1 heterocycles. The van der Waals surface area contributed by atoms with Gasteiger partial charge in [0, 0.05) is 12.6 Å². The Morgan fingerprint density at radius 1 is 1.54 bits per heavy atom. The van der Waals surface area contributed by atoms with E-state index >= 15 is 0 Å². The van der Waals surface area contributed by atoms with Crippen molar-refractivity contribution in [1.82, 2.24) is 4.90 Å². The van der Waals surface area contributed by atoms with Crippen molar-refractivity contribution in [2.45, 2.75) is 19.4 Å². The first-order chi connectivity index (χ1) is 6.31. The van der Waals surface area contributed by atoms with Gasteiger partial charge in [-0.25, -0.2) is 4.39 Å². The van der Waals surface area contributed by atoms with Crippen molar-refractivity contribution in [2.75, 3.05) is 13.1 Å². The van der Waals surface area contributed by atoms with Crippen LogP contribution in [0.5, 0.6) is 0 Å². The summed E-state index contributed by atoms with van der Waals surface area (Å²) in [4.78, 5) is 2.36. The summed E-state index contributed by atoms with van der Waals surface area (Å²) in [6, 6.07) is 7.40. The summed E-state index contributed by atoms with van der Waals surface area (Å²) in [6.07, 6.45) is 1.16. The maximum atomic E-state index is 12.9. The number of rotatable bonds is 2. The summed E-state index contributed by atoms with van der Waals surface area (Å²) >= 11 is 0. The van der Waals surface area contributed by atoms with E-state index < -0.39 is 0 Å². The van der Waals surface area contributed by atoms with Crippen molar-refractivity contribution < 1.29 is 4.39 Å². The number of hydrogen-bond acceptors (Lipinski definition) is 1. The van der Waals surface area contributed by atoms with Crippen LogP contribution in [0, 0.1) is 5.82 Å². The van der Waals surface area contributed by atoms with Gasteiger partial charge in [0.25, 0.3) is 0 Å². The van der Waals surface area contributed by atoms with E-state index in [1.165, 1.54) is 6.07 Å². The Balaban J connectivity index is 2.16. The molecular formula is C11H14FN. The summed E-state index contributed by atoms with van der Waals surface area (Å²) in [5.41, 5.74) is 1.12. The zero-order chi connectivity index (χ0) is 9.26. The number of halogens is 1. The van der Waals surface area contributed by atoms with Crippen molar-refractivity contribution in [3.8, 4) is 0 Å². The summed E-state index contributed by atoms with van der Waals surface area (Å²) in [6.45, 7) is 4.35. The molecule has 1 atom stereocenters. The molecule has 1 aliphatic heterocycles. The predicted molar refractivity (Wildman–Crippen MR) is 51.0 cm³/mol. The van der Waals surface area contributed by atoms with E-state index in [1.807, 2.05) is 6.07 Å². The highest BCUT2D eigenvalue weighted by Gasteiger charge is 2.27. The molecule has 0 amide bonds. The molecule has 2 rings (SSSR count). The fourth-order valence-corrected chi connectivity index (χ4v) is 1.91. The van der Waals surface area contributed by atoms with Crippen LogP contribution in [0.3, 0.4) is 0 Å². The van der Waals surface area contributed by atoms with Gasteiger partial charge < -0.3 is 0 Å². The molecule has 70 valence electrons. The zero-order valence-corrected chi connectivity index (χ0v) is 7.83. The van der Waals surface area contributed by atoms with Crippen LogP contribution in [-0.4, -0.2) is 18.0 Å². The molecule has 0 radical (unpaired) electrons. The predicted octanol–water partition coefficient (Wildman–Crippen LogP) is 2.59. The van der Waals surface area contributed by atoms with Gasteiger partial charge in [-0.15, -0.1) is 0 Å². The maximum Gasteiger partial charge on any atom is 0.123 e. The number of nitrogens with zero attached hydrogens (tertiary/aromatic N) is 1. The Bertz CT molecular complexity index is 296. The van der Waals surface area contributed by atoms with Gasteiger partial charge in [-0.05, 0) is 30.7 Å². The quantitative estimate of drug-likeness (QED) is 0.674. The maximum absolute atomic E-state index is 12.9. The third-order valence-corrected chi connectivity index (χ3v) is 2.77. The molecule has 1 fully saturated rings. The van der Waals surface area contributed by atoms with E-state index in [1.54, 1.807) is 12.1 Å². The molecule has 0 N–H and O–H groups in total. The van der Waals surface area contributed by atoms with Crippen molar-refractivity contribution in [3.63, 3.8) is 0 Å². The van der Waals surface area contributed by atoms with Crippen LogP contribution in [0.2, 0.25) is 0 Å². The number of likely N-dealkylation sites (tertiary alicyclic amines) is 1. The molecule has 1 nitrogen and oxygen atoms in total. The van der Waals surface area contributed by atoms with Gasteiger partial charge in [0.15, 0.2) is 0 Å². The fourth-order valence-electron chi connectivity index (χ4n) is 1.91. The lowest BCUT2D eigenvalue weighted by Crippen LogP contribution is -2.40. The van der Waals surface area contributed by atoms with Gasteiger partial charge in [-0.1, -0.05) is 19.1 Å². The Hall–Kier alpha value is -0.890. The normalized spacial score (nSPS) is 22.8. The Labute approximate surface area is 78.2 Å². The van der Waals surface area contributed by atoms with Crippen molar-refractivity contribution >= 4 is 0 Å². The van der Waals surface area contributed by atoms with E-state index in [2.05, 4.69) is 11.8 Å². The molecule has 1 aliphatic rings. The van der Waals surface area contributed by atoms with Crippen LogP contribution in [0.15, 0.2) is 24.3 Å². The van der Waals surface area contributed by atoms with Crippen LogP contribution in [0.1, 0.15) is 24.9 Å². The van der Waals surface area contributed by atoms with Gasteiger partial charge in [0.1, 0.15) is 5.82 Å². The first-order valence-corrected chi connectivity index (χ1v) is 4.81. The van der Waals surface area contributed by atoms with Crippen LogP contribution >= 0.6 is 0 Å². The standard InChI is InChI=1S/C11H14FN/c1-2-13-7-6-11(13)9-4-3-5-10(12)8-9/h3-5,8,11H,2,6-7H2,1H3. The third-order valence-electron chi connectivity index (χ3n) is 2.77. The molecule has 0 spiro atoms. The Morgan fingerprint density at radius 2 is 2.38 bits per heavy atom. The zero-order valence-electron chi connectivity index (χ0n) is 7.83. The lowest BCUT2D eigenvalue weighted by atomic mass is 9.95. The Morgan fingerprint density at radius 3 is 2.92 bits per heavy atom. The lowest BCUT2D eigenvalue weighted by Gasteiger charge is -2.40. The van der Waals surface area contributed by atoms with Crippen LogP contribution in [0.4, 0.5) is 4.39 Å². The molecule has 0 aliphatic carbocycles. The van der Waals surface area contributed by atoms with Crippen molar-refractivity contribution in [1.29, 1.82) is 0 Å². The molecular weight excluding hydrogens is 165 g/mol. The number of benzene rings is 1. The molecule has 0 bridgehead atoms. The highest BCUT2D eigenvalue weighted by atomic mass is 19.1. The second-order valence-corrected chi connectivity index (χ2v) is 3.49. The smallest absolute Gasteiger partial charge is 0.123 e. The van der Waals surface area contributed by atoms with Gasteiger partial charge in [-0.3, -0.25) is 4.90 Å². The largest absolute Gasteiger partial charge is 0.296 e. The SMILES string of the molecule is CCN1CCC1c1cccc(F)c1. The summed E-state index contributed by atoms with van der Waals surface area (Å²) < 4.78 is 12.9. The highest BCUT2D eigenvalue weighted by molar-refractivity contribution is 5.22. The Kier molecular flexibility index (Phi) is 2.32. The monoisotopic (exact) mass is 179 g/mol. The van der Waals surface area contributed by atoms with Gasteiger partial charge in [0.05, 0.1) is 0 Å². The summed E-state index contributed by atoms with van der Waals surface area (Å²) in [5, 5.41) is 0. The molecule has 1 aromatic rings. The van der Waals surface area contributed by atoms with Crippen LogP contribution in [-0.2, 0) is 0 Å². The highest BCUT2D eigenvalue weighted by Crippen LogP contribution is 2.32. The average molecular weight is 179 g/mol. The molecule has 0 saturated carbocycles. The second kappa shape index (κ2) is 3.46. The van der Waals surface area contributed by atoms with Crippen molar-refractivity contribution in [2.24, 2.45) is 0 Å². The minimum absolute atomic E-state index is 0.125. The molecule has 1 unspecified atom stereocenters. The van der Waals surface area contributed by atoms with E-state index in [0.717, 1.165) is 25.1 Å². The third kappa shape index (κ3) is 1.59. The fraction of sp³-hybridized carbons (Fsp3) is 0.455. The number of hydrogen-bond donors (Lipinski definition) is 0. The van der Waals surface area contributed by atoms with Gasteiger partial charge in [-0.2, -0.15) is 0 Å². The second-order valence-electron chi connectivity index (χ2n) is 3.49. The molecule has 1 aromatic carbocycles. The van der Waals surface area contributed by atoms with Gasteiger partial charge in [0.2, 0.25) is 0 Å². The summed E-state index contributed by atoms with van der Waals surface area (Å²) in [5.74, 6) is -0.125. The molecule has 1 saturated heterocycles. The van der Waals surface area contributed by atoms with Gasteiger partial charge >= 0.3 is 0 Å². The van der Waals surface area contributed by atoms with E-state index in [4.69, 9.17) is 0 Å². The lowest BCUT2D eigenvalue weighted by molar-refractivity contribution is 0.0981. The van der Waals surface area contributed by atoms with Crippen LogP contribution < -0.4 is 0 Å². The summed E-state index contributed by atoms with van der Waals surface area (Å²) in [7, 11) is 0. The molecule has 0 aromatic heterocycles. The first kappa shape index (κ1) is 8.70. The van der Waals surface area contributed by atoms with E-state index in [-0.39, 0.29) is 5.82 Å². The minimum Gasteiger partial charge on any atom is -0.296 e. The first-order valence-electron chi connectivity index (χ1n) is 4.81. The van der Waals surface area contributed by atoms with E-state index in [0.29, 0.717) is 6.04 Å². The molecule has 13 heavy (non-hydrogen) atoms. The van der Waals surface area contributed by atoms with Crippen molar-refractivity contribution in [3.05, 3.63) is 35.6 Å². The minimum atomic E-state index is -0.125. The molecule has 2 heteroatoms.